The van der Waals surface area contributed by atoms with Crippen LogP contribution < -0.4 is 5.32 Å². The van der Waals surface area contributed by atoms with E-state index in [1.54, 1.807) is 0 Å². The van der Waals surface area contributed by atoms with Crippen LogP contribution in [-0.4, -0.2) is 64.9 Å². The molecule has 0 aliphatic heterocycles. The number of amides is 1. The van der Waals surface area contributed by atoms with Crippen molar-refractivity contribution in [1.29, 1.82) is 0 Å². The molecular formula is C43H78NO10P. The van der Waals surface area contributed by atoms with Crippen LogP contribution in [0.3, 0.4) is 0 Å². The van der Waals surface area contributed by atoms with Crippen LogP contribution in [0.1, 0.15) is 187 Å². The predicted octanol–water partition coefficient (Wildman–Crippen LogP) is 10.8. The Balaban J connectivity index is 3.91. The van der Waals surface area contributed by atoms with E-state index in [1.165, 1.54) is 77.0 Å². The first kappa shape index (κ1) is 52.7. The summed E-state index contributed by atoms with van der Waals surface area (Å²) in [5, 5.41) is 21.8. The molecule has 4 N–H and O–H groups in total. The fraction of sp³-hybridized carbons (Fsp3) is 0.791. The standard InChI is InChI=1S/C43H78NO10P/c1-3-5-7-9-11-13-15-17-19-20-21-23-25-27-29-31-33-35-42(47)52-36-39(45)37-53-55(50,51)54-38-40(43(48)49)44-41(46)34-32-30-28-26-24-22-18-16-14-12-10-8-6-4-2/h5,7,11,13,17,19,39-40,45H,3-4,6,8-10,12,14-16,18,20-38H2,1-2H3,(H,44,46)(H,48,49)(H,50,51)/b7-5-,13-11-,19-17-. The van der Waals surface area contributed by atoms with Crippen LogP contribution in [0.2, 0.25) is 0 Å². The van der Waals surface area contributed by atoms with Gasteiger partial charge in [0.1, 0.15) is 12.7 Å². The van der Waals surface area contributed by atoms with E-state index in [1.807, 2.05) is 0 Å². The summed E-state index contributed by atoms with van der Waals surface area (Å²) in [5.74, 6) is -2.38. The van der Waals surface area contributed by atoms with Crippen LogP contribution in [-0.2, 0) is 32.7 Å². The zero-order valence-corrected chi connectivity index (χ0v) is 35.4. The molecule has 1 amide bonds. The Morgan fingerprint density at radius 1 is 0.600 bits per heavy atom. The number of hydrogen-bond acceptors (Lipinski definition) is 8. The van der Waals surface area contributed by atoms with Crippen molar-refractivity contribution < 1.29 is 47.8 Å². The highest BCUT2D eigenvalue weighted by Gasteiger charge is 2.28. The van der Waals surface area contributed by atoms with Gasteiger partial charge in [0, 0.05) is 12.8 Å². The molecule has 55 heavy (non-hydrogen) atoms. The largest absolute Gasteiger partial charge is 0.480 e. The number of carbonyl (C=O) groups is 3. The van der Waals surface area contributed by atoms with Crippen molar-refractivity contribution in [2.24, 2.45) is 0 Å². The van der Waals surface area contributed by atoms with E-state index >= 15 is 0 Å². The number of carboxylic acid groups (broad SMARTS) is 1. The van der Waals surface area contributed by atoms with E-state index in [-0.39, 0.29) is 12.8 Å². The maximum Gasteiger partial charge on any atom is 0.472 e. The van der Waals surface area contributed by atoms with E-state index in [4.69, 9.17) is 13.8 Å². The average Bonchev–Trinajstić information content (AvgIpc) is 3.16. The number of nitrogens with one attached hydrogen (secondary N) is 1. The van der Waals surface area contributed by atoms with Crippen LogP contribution in [0.15, 0.2) is 36.5 Å². The fourth-order valence-electron chi connectivity index (χ4n) is 5.86. The number of carbonyl (C=O) groups excluding carboxylic acids is 2. The number of phosphoric acid groups is 1. The molecule has 12 heteroatoms. The third kappa shape index (κ3) is 38.4. The maximum absolute atomic E-state index is 12.3. The Morgan fingerprint density at radius 2 is 1.05 bits per heavy atom. The average molecular weight is 800 g/mol. The van der Waals surface area contributed by atoms with E-state index < -0.39 is 57.6 Å². The molecule has 0 aromatic rings. The first-order chi connectivity index (χ1) is 26.6. The molecule has 0 saturated carbocycles. The van der Waals surface area contributed by atoms with Gasteiger partial charge in [-0.05, 0) is 44.9 Å². The third-order valence-electron chi connectivity index (χ3n) is 9.19. The van der Waals surface area contributed by atoms with E-state index in [0.717, 1.165) is 70.6 Å². The highest BCUT2D eigenvalue weighted by Crippen LogP contribution is 2.43. The number of allylic oxidation sites excluding steroid dienone is 6. The molecule has 0 aromatic carbocycles. The van der Waals surface area contributed by atoms with E-state index in [2.05, 4.69) is 55.6 Å². The van der Waals surface area contributed by atoms with Crippen LogP contribution >= 0.6 is 7.82 Å². The molecular weight excluding hydrogens is 721 g/mol. The summed E-state index contributed by atoms with van der Waals surface area (Å²) in [5.41, 5.74) is 0. The molecule has 0 aliphatic carbocycles. The van der Waals surface area contributed by atoms with Crippen LogP contribution in [0.25, 0.3) is 0 Å². The van der Waals surface area contributed by atoms with Crippen LogP contribution in [0.4, 0.5) is 0 Å². The summed E-state index contributed by atoms with van der Waals surface area (Å²) < 4.78 is 26.8. The van der Waals surface area contributed by atoms with Gasteiger partial charge >= 0.3 is 19.8 Å². The molecule has 0 fully saturated rings. The first-order valence-corrected chi connectivity index (χ1v) is 23.0. The van der Waals surface area contributed by atoms with E-state index in [9.17, 15) is 34.1 Å². The molecule has 0 bridgehead atoms. The van der Waals surface area contributed by atoms with Gasteiger partial charge in [-0.1, -0.05) is 166 Å². The topological polar surface area (TPSA) is 169 Å². The van der Waals surface area contributed by atoms with Gasteiger partial charge in [-0.25, -0.2) is 9.36 Å². The summed E-state index contributed by atoms with van der Waals surface area (Å²) in [6.07, 6.45) is 40.2. The van der Waals surface area contributed by atoms with E-state index in [0.29, 0.717) is 12.8 Å². The number of carboxylic acids is 1. The molecule has 320 valence electrons. The maximum atomic E-state index is 12.3. The summed E-state index contributed by atoms with van der Waals surface area (Å²) in [4.78, 5) is 45.9. The SMILES string of the molecule is CC/C=C\C/C=C\C/C=C\CCCCCCCCCC(=O)OCC(O)COP(=O)(O)OCC(NC(=O)CCCCCCCCCCCCCCCC)C(=O)O. The Bertz CT molecular complexity index is 1080. The second-order valence-electron chi connectivity index (χ2n) is 14.5. The summed E-state index contributed by atoms with van der Waals surface area (Å²) in [6, 6.07) is -1.54. The lowest BCUT2D eigenvalue weighted by Gasteiger charge is -2.18. The van der Waals surface area contributed by atoms with Crippen molar-refractivity contribution in [3.8, 4) is 0 Å². The van der Waals surface area contributed by atoms with Gasteiger partial charge in [-0.15, -0.1) is 0 Å². The second-order valence-corrected chi connectivity index (χ2v) is 16.0. The summed E-state index contributed by atoms with van der Waals surface area (Å²) >= 11 is 0. The molecule has 3 atom stereocenters. The number of unbranched alkanes of at least 4 members (excludes halogenated alkanes) is 20. The summed E-state index contributed by atoms with van der Waals surface area (Å²) in [7, 11) is -4.75. The van der Waals surface area contributed by atoms with Crippen molar-refractivity contribution in [3.63, 3.8) is 0 Å². The minimum absolute atomic E-state index is 0.148. The molecule has 0 heterocycles. The number of aliphatic hydroxyl groups excluding tert-OH is 1. The number of aliphatic hydroxyl groups is 1. The Kier molecular flexibility index (Phi) is 37.0. The lowest BCUT2D eigenvalue weighted by molar-refractivity contribution is -0.147. The highest BCUT2D eigenvalue weighted by molar-refractivity contribution is 7.47. The quantitative estimate of drug-likeness (QED) is 0.0202. The van der Waals surface area contributed by atoms with Gasteiger partial charge in [0.2, 0.25) is 5.91 Å². The lowest BCUT2D eigenvalue weighted by atomic mass is 10.0. The predicted molar refractivity (Wildman–Crippen MR) is 222 cm³/mol. The fourth-order valence-corrected chi connectivity index (χ4v) is 6.63. The minimum atomic E-state index is -4.75. The van der Waals surface area contributed by atoms with Gasteiger partial charge < -0.3 is 25.2 Å². The number of esters is 1. The van der Waals surface area contributed by atoms with Crippen molar-refractivity contribution >= 4 is 25.7 Å². The highest BCUT2D eigenvalue weighted by atomic mass is 31.2. The number of rotatable bonds is 40. The van der Waals surface area contributed by atoms with Crippen molar-refractivity contribution in [2.45, 2.75) is 199 Å². The molecule has 0 aromatic heterocycles. The zero-order valence-electron chi connectivity index (χ0n) is 34.5. The molecule has 0 aliphatic rings. The van der Waals surface area contributed by atoms with Crippen LogP contribution in [0, 0.1) is 0 Å². The zero-order chi connectivity index (χ0) is 40.7. The van der Waals surface area contributed by atoms with Gasteiger partial charge in [0.05, 0.1) is 13.2 Å². The Labute approximate surface area is 333 Å². The molecule has 0 spiro atoms. The molecule has 3 unspecified atom stereocenters. The third-order valence-corrected chi connectivity index (χ3v) is 10.1. The molecule has 0 saturated heterocycles. The Morgan fingerprint density at radius 3 is 1.58 bits per heavy atom. The van der Waals surface area contributed by atoms with Crippen molar-refractivity contribution in [2.75, 3.05) is 19.8 Å². The molecule has 0 radical (unpaired) electrons. The van der Waals surface area contributed by atoms with Gasteiger partial charge in [-0.2, -0.15) is 0 Å². The van der Waals surface area contributed by atoms with Gasteiger partial charge in [0.25, 0.3) is 0 Å². The first-order valence-electron chi connectivity index (χ1n) is 21.5. The summed E-state index contributed by atoms with van der Waals surface area (Å²) in [6.45, 7) is 2.47. The lowest BCUT2D eigenvalue weighted by Crippen LogP contribution is -2.43. The van der Waals surface area contributed by atoms with Crippen molar-refractivity contribution in [1.82, 2.24) is 5.32 Å². The number of hydrogen-bond donors (Lipinski definition) is 4. The number of ether oxygens (including phenoxy) is 1. The Hall–Kier alpha value is -2.30. The molecule has 11 nitrogen and oxygen atoms in total. The van der Waals surface area contributed by atoms with Gasteiger partial charge in [0.15, 0.2) is 6.04 Å². The normalized spacial score (nSPS) is 14.1. The monoisotopic (exact) mass is 800 g/mol. The number of phosphoric ester groups is 1. The van der Waals surface area contributed by atoms with Gasteiger partial charge in [-0.3, -0.25) is 18.6 Å². The number of aliphatic carboxylic acids is 1. The second kappa shape index (κ2) is 38.6. The minimum Gasteiger partial charge on any atom is -0.480 e. The van der Waals surface area contributed by atoms with Crippen molar-refractivity contribution in [3.05, 3.63) is 36.5 Å². The van der Waals surface area contributed by atoms with Crippen LogP contribution in [0.5, 0.6) is 0 Å². The molecule has 0 rings (SSSR count). The smallest absolute Gasteiger partial charge is 0.472 e.